The molecule has 22 heavy (non-hydrogen) atoms. The van der Waals surface area contributed by atoms with Gasteiger partial charge in [0.2, 0.25) is 4.96 Å². The molecule has 0 aliphatic heterocycles. The summed E-state index contributed by atoms with van der Waals surface area (Å²) in [7, 11) is 0. The van der Waals surface area contributed by atoms with Gasteiger partial charge in [-0.25, -0.2) is 0 Å². The molecule has 5 heteroatoms. The van der Waals surface area contributed by atoms with E-state index in [4.69, 9.17) is 5.10 Å². The van der Waals surface area contributed by atoms with E-state index in [2.05, 4.69) is 48.3 Å². The molecule has 2 heterocycles. The molecule has 4 aromatic rings. The van der Waals surface area contributed by atoms with Crippen molar-refractivity contribution >= 4 is 16.3 Å². The third kappa shape index (κ3) is 2.02. The van der Waals surface area contributed by atoms with E-state index in [1.165, 1.54) is 11.1 Å². The third-order valence-electron chi connectivity index (χ3n) is 3.75. The lowest BCUT2D eigenvalue weighted by Crippen LogP contribution is -1.93. The highest BCUT2D eigenvalue weighted by atomic mass is 32.1. The number of nitrogens with zero attached hydrogens (tertiary/aromatic N) is 4. The molecule has 0 atom stereocenters. The SMILES string of the molecule is Cc1ccccc1-c1nn2c(-c3ccccc3C)nnc2s1. The molecule has 0 spiro atoms. The Labute approximate surface area is 132 Å². The van der Waals surface area contributed by atoms with Crippen molar-refractivity contribution in [3.05, 3.63) is 59.7 Å². The molecule has 0 saturated heterocycles. The molecule has 0 N–H and O–H groups in total. The van der Waals surface area contributed by atoms with E-state index in [9.17, 15) is 0 Å². The van der Waals surface area contributed by atoms with Crippen molar-refractivity contribution < 1.29 is 0 Å². The van der Waals surface area contributed by atoms with E-state index in [1.54, 1.807) is 11.3 Å². The molecule has 0 unspecified atom stereocenters. The van der Waals surface area contributed by atoms with Gasteiger partial charge in [-0.2, -0.15) is 9.61 Å². The second kappa shape index (κ2) is 5.03. The summed E-state index contributed by atoms with van der Waals surface area (Å²) in [4.78, 5) is 0.816. The first-order valence-electron chi connectivity index (χ1n) is 7.08. The van der Waals surface area contributed by atoms with Crippen molar-refractivity contribution in [2.45, 2.75) is 13.8 Å². The highest BCUT2D eigenvalue weighted by molar-refractivity contribution is 7.19. The van der Waals surface area contributed by atoms with Crippen LogP contribution >= 0.6 is 11.3 Å². The number of aryl methyl sites for hydroxylation is 2. The average Bonchev–Trinajstić information content (AvgIpc) is 3.09. The van der Waals surface area contributed by atoms with Gasteiger partial charge in [-0.1, -0.05) is 59.9 Å². The number of rotatable bonds is 2. The Bertz CT molecular complexity index is 968. The van der Waals surface area contributed by atoms with Crippen LogP contribution in [0.5, 0.6) is 0 Å². The van der Waals surface area contributed by atoms with Gasteiger partial charge < -0.3 is 0 Å². The van der Waals surface area contributed by atoms with Crippen molar-refractivity contribution in [3.63, 3.8) is 0 Å². The molecule has 0 fully saturated rings. The summed E-state index contributed by atoms with van der Waals surface area (Å²) in [6.45, 7) is 4.17. The van der Waals surface area contributed by atoms with Crippen molar-refractivity contribution in [1.29, 1.82) is 0 Å². The summed E-state index contributed by atoms with van der Waals surface area (Å²) in [5.74, 6) is 0.796. The molecule has 0 amide bonds. The lowest BCUT2D eigenvalue weighted by atomic mass is 10.1. The van der Waals surface area contributed by atoms with Crippen molar-refractivity contribution in [2.24, 2.45) is 0 Å². The maximum absolute atomic E-state index is 4.73. The largest absolute Gasteiger partial charge is 0.235 e. The van der Waals surface area contributed by atoms with E-state index in [-0.39, 0.29) is 0 Å². The van der Waals surface area contributed by atoms with Crippen LogP contribution in [0.2, 0.25) is 0 Å². The van der Waals surface area contributed by atoms with Crippen LogP contribution in [0, 0.1) is 13.8 Å². The number of hydrogen-bond acceptors (Lipinski definition) is 4. The molecule has 4 nitrogen and oxygen atoms in total. The first-order chi connectivity index (χ1) is 10.7. The van der Waals surface area contributed by atoms with Crippen LogP contribution in [-0.2, 0) is 0 Å². The van der Waals surface area contributed by atoms with Gasteiger partial charge in [0.15, 0.2) is 5.82 Å². The molecule has 4 rings (SSSR count). The highest BCUT2D eigenvalue weighted by Gasteiger charge is 2.16. The number of hydrogen-bond donors (Lipinski definition) is 0. The number of benzene rings is 2. The summed E-state index contributed by atoms with van der Waals surface area (Å²) in [5.41, 5.74) is 4.59. The smallest absolute Gasteiger partial charge is 0.182 e. The molecule has 0 saturated carbocycles. The summed E-state index contributed by atoms with van der Waals surface area (Å²) >= 11 is 1.56. The van der Waals surface area contributed by atoms with Crippen LogP contribution in [0.4, 0.5) is 0 Å². The second-order valence-electron chi connectivity index (χ2n) is 5.26. The van der Waals surface area contributed by atoms with Crippen molar-refractivity contribution in [3.8, 4) is 22.0 Å². The van der Waals surface area contributed by atoms with Crippen molar-refractivity contribution in [1.82, 2.24) is 19.8 Å². The summed E-state index contributed by atoms with van der Waals surface area (Å²) in [6.07, 6.45) is 0. The van der Waals surface area contributed by atoms with E-state index >= 15 is 0 Å². The Hall–Kier alpha value is -2.53. The fourth-order valence-corrected chi connectivity index (χ4v) is 3.46. The van der Waals surface area contributed by atoms with Crippen LogP contribution in [-0.4, -0.2) is 19.8 Å². The van der Waals surface area contributed by atoms with Crippen LogP contribution in [0.15, 0.2) is 48.5 Å². The first-order valence-corrected chi connectivity index (χ1v) is 7.90. The quantitative estimate of drug-likeness (QED) is 0.559. The van der Waals surface area contributed by atoms with Gasteiger partial charge >= 0.3 is 0 Å². The monoisotopic (exact) mass is 306 g/mol. The molecule has 0 bridgehead atoms. The van der Waals surface area contributed by atoms with E-state index in [0.29, 0.717) is 0 Å². The standard InChI is InChI=1S/C17H14N4S/c1-11-7-3-5-9-13(11)15-18-19-17-21(15)20-16(22-17)14-10-6-4-8-12(14)2/h3-10H,1-2H3. The van der Waals surface area contributed by atoms with Gasteiger partial charge in [-0.15, -0.1) is 10.2 Å². The molecule has 0 aliphatic rings. The summed E-state index contributed by atoms with van der Waals surface area (Å²) in [5, 5.41) is 14.3. The van der Waals surface area contributed by atoms with E-state index in [1.807, 2.05) is 28.8 Å². The topological polar surface area (TPSA) is 43.1 Å². The minimum absolute atomic E-state index is 0.796. The van der Waals surface area contributed by atoms with Crippen LogP contribution in [0.25, 0.3) is 26.9 Å². The Morgan fingerprint density at radius 1 is 0.818 bits per heavy atom. The Kier molecular flexibility index (Phi) is 3.01. The molecule has 2 aromatic heterocycles. The van der Waals surface area contributed by atoms with Crippen molar-refractivity contribution in [2.75, 3.05) is 0 Å². The molecule has 0 aliphatic carbocycles. The normalized spacial score (nSPS) is 11.2. The van der Waals surface area contributed by atoms with Crippen LogP contribution in [0.3, 0.4) is 0 Å². The van der Waals surface area contributed by atoms with Gasteiger partial charge in [0.05, 0.1) is 0 Å². The molecule has 0 radical (unpaired) electrons. The first kappa shape index (κ1) is 13.2. The zero-order valence-electron chi connectivity index (χ0n) is 12.3. The van der Waals surface area contributed by atoms with Gasteiger partial charge in [0.1, 0.15) is 5.01 Å². The maximum atomic E-state index is 4.73. The van der Waals surface area contributed by atoms with Crippen LogP contribution < -0.4 is 0 Å². The fourth-order valence-electron chi connectivity index (χ4n) is 2.53. The van der Waals surface area contributed by atoms with Gasteiger partial charge in [0, 0.05) is 11.1 Å². The number of fused-ring (bicyclic) bond motifs is 1. The van der Waals surface area contributed by atoms with E-state index < -0.39 is 0 Å². The second-order valence-corrected chi connectivity index (χ2v) is 6.21. The Morgan fingerprint density at radius 3 is 2.14 bits per heavy atom. The molecule has 108 valence electrons. The zero-order valence-corrected chi connectivity index (χ0v) is 13.1. The lowest BCUT2D eigenvalue weighted by Gasteiger charge is -2.02. The average molecular weight is 306 g/mol. The highest BCUT2D eigenvalue weighted by Crippen LogP contribution is 2.30. The minimum Gasteiger partial charge on any atom is -0.182 e. The predicted molar refractivity (Wildman–Crippen MR) is 89.0 cm³/mol. The van der Waals surface area contributed by atoms with E-state index in [0.717, 1.165) is 26.9 Å². The minimum atomic E-state index is 0.796. The van der Waals surface area contributed by atoms with Crippen LogP contribution in [0.1, 0.15) is 11.1 Å². The summed E-state index contributed by atoms with van der Waals surface area (Å²) < 4.78 is 1.84. The fraction of sp³-hybridized carbons (Fsp3) is 0.118. The van der Waals surface area contributed by atoms with Gasteiger partial charge in [-0.3, -0.25) is 0 Å². The molecule has 2 aromatic carbocycles. The Balaban J connectivity index is 1.91. The van der Waals surface area contributed by atoms with Gasteiger partial charge in [-0.05, 0) is 25.0 Å². The third-order valence-corrected chi connectivity index (χ3v) is 4.68. The zero-order chi connectivity index (χ0) is 15.1. The number of aromatic nitrogens is 4. The maximum Gasteiger partial charge on any atom is 0.235 e. The predicted octanol–water partition coefficient (Wildman–Crippen LogP) is 4.14. The van der Waals surface area contributed by atoms with Gasteiger partial charge in [0.25, 0.3) is 0 Å². The lowest BCUT2D eigenvalue weighted by molar-refractivity contribution is 0.968. The molecular weight excluding hydrogens is 292 g/mol. The Morgan fingerprint density at radius 2 is 1.45 bits per heavy atom. The summed E-state index contributed by atoms with van der Waals surface area (Å²) in [6, 6.07) is 16.4. The molecular formula is C17H14N4S.